The molecule has 0 aromatic carbocycles. The molecule has 0 aliphatic carbocycles. The summed E-state index contributed by atoms with van der Waals surface area (Å²) in [6, 6.07) is 1.64. The monoisotopic (exact) mass is 306 g/mol. The van der Waals surface area contributed by atoms with Crippen molar-refractivity contribution in [3.05, 3.63) is 18.0 Å². The zero-order valence-corrected chi connectivity index (χ0v) is 12.7. The van der Waals surface area contributed by atoms with E-state index in [4.69, 9.17) is 4.74 Å². The van der Waals surface area contributed by atoms with E-state index in [2.05, 4.69) is 10.2 Å². The van der Waals surface area contributed by atoms with E-state index in [0.29, 0.717) is 25.4 Å². The number of hydrogen-bond donors (Lipinski definition) is 1. The van der Waals surface area contributed by atoms with Crippen molar-refractivity contribution in [3.63, 3.8) is 0 Å². The molecule has 1 aromatic heterocycles. The molecule has 7 heteroatoms. The Morgan fingerprint density at radius 1 is 1.14 bits per heavy atom. The minimum Gasteiger partial charge on any atom is -0.365 e. The number of hydrogen-bond acceptors (Lipinski definition) is 4. The Balaban J connectivity index is 1.62. The molecule has 1 atom stereocenters. The lowest BCUT2D eigenvalue weighted by molar-refractivity contribution is -0.148. The highest BCUT2D eigenvalue weighted by Crippen LogP contribution is 2.15. The van der Waals surface area contributed by atoms with Gasteiger partial charge in [0.1, 0.15) is 5.69 Å². The smallest absolute Gasteiger partial charge is 0.272 e. The van der Waals surface area contributed by atoms with Crippen LogP contribution in [0.15, 0.2) is 12.3 Å². The summed E-state index contributed by atoms with van der Waals surface area (Å²) in [5, 5.41) is 6.47. The van der Waals surface area contributed by atoms with Gasteiger partial charge in [-0.1, -0.05) is 12.8 Å². The summed E-state index contributed by atoms with van der Waals surface area (Å²) in [6.07, 6.45) is 5.47. The van der Waals surface area contributed by atoms with E-state index in [1.54, 1.807) is 17.2 Å². The molecule has 0 spiro atoms. The van der Waals surface area contributed by atoms with Crippen LogP contribution in [0.4, 0.5) is 0 Å². The number of carbonyl (C=O) groups excluding carboxylic acids is 2. The number of ether oxygens (including phenoxy) is 1. The summed E-state index contributed by atoms with van der Waals surface area (Å²) in [4.78, 5) is 28.5. The van der Waals surface area contributed by atoms with Crippen LogP contribution >= 0.6 is 0 Å². The highest BCUT2D eigenvalue weighted by molar-refractivity contribution is 5.93. The first-order chi connectivity index (χ1) is 10.8. The van der Waals surface area contributed by atoms with E-state index in [0.717, 1.165) is 25.9 Å². The van der Waals surface area contributed by atoms with E-state index in [-0.39, 0.29) is 11.8 Å². The molecule has 0 bridgehead atoms. The average molecular weight is 306 g/mol. The molecule has 2 fully saturated rings. The van der Waals surface area contributed by atoms with Gasteiger partial charge in [-0.25, -0.2) is 0 Å². The zero-order chi connectivity index (χ0) is 15.4. The van der Waals surface area contributed by atoms with Crippen LogP contribution in [0.25, 0.3) is 0 Å². The number of nitrogens with one attached hydrogen (secondary N) is 1. The fraction of sp³-hybridized carbons (Fsp3) is 0.667. The Morgan fingerprint density at radius 3 is 2.59 bits per heavy atom. The maximum atomic E-state index is 12.6. The van der Waals surface area contributed by atoms with Crippen molar-refractivity contribution in [2.45, 2.75) is 31.8 Å². The minimum atomic E-state index is -0.543. The summed E-state index contributed by atoms with van der Waals surface area (Å²) in [5.74, 6) is -0.113. The molecule has 120 valence electrons. The minimum absolute atomic E-state index is 0.0176. The molecule has 2 aliphatic heterocycles. The number of H-pyrrole nitrogens is 1. The van der Waals surface area contributed by atoms with Gasteiger partial charge in [-0.05, 0) is 18.9 Å². The molecule has 0 saturated carbocycles. The van der Waals surface area contributed by atoms with Gasteiger partial charge >= 0.3 is 0 Å². The molecule has 3 rings (SSSR count). The second-order valence-corrected chi connectivity index (χ2v) is 5.82. The number of likely N-dealkylation sites (tertiary alicyclic amines) is 1. The summed E-state index contributed by atoms with van der Waals surface area (Å²) >= 11 is 0. The van der Waals surface area contributed by atoms with Crippen LogP contribution in [0.1, 0.15) is 36.2 Å². The van der Waals surface area contributed by atoms with Crippen LogP contribution in [-0.2, 0) is 9.53 Å². The lowest BCUT2D eigenvalue weighted by atomic mass is 10.2. The zero-order valence-electron chi connectivity index (χ0n) is 12.7. The number of nitrogens with zero attached hydrogens (tertiary/aromatic N) is 3. The lowest BCUT2D eigenvalue weighted by Gasteiger charge is -2.34. The second-order valence-electron chi connectivity index (χ2n) is 5.82. The fourth-order valence-corrected chi connectivity index (χ4v) is 3.02. The van der Waals surface area contributed by atoms with Crippen LogP contribution in [0.2, 0.25) is 0 Å². The van der Waals surface area contributed by atoms with Gasteiger partial charge in [-0.3, -0.25) is 14.7 Å². The van der Waals surface area contributed by atoms with Crippen molar-refractivity contribution in [1.82, 2.24) is 20.0 Å². The quantitative estimate of drug-likeness (QED) is 0.870. The first-order valence-corrected chi connectivity index (χ1v) is 7.95. The van der Waals surface area contributed by atoms with Gasteiger partial charge in [-0.2, -0.15) is 5.10 Å². The Labute approximate surface area is 129 Å². The number of aromatic nitrogens is 2. The van der Waals surface area contributed by atoms with Crippen LogP contribution in [0.3, 0.4) is 0 Å². The number of amides is 2. The van der Waals surface area contributed by atoms with Crippen molar-refractivity contribution < 1.29 is 14.3 Å². The molecule has 22 heavy (non-hydrogen) atoms. The highest BCUT2D eigenvalue weighted by Gasteiger charge is 2.32. The Kier molecular flexibility index (Phi) is 4.72. The predicted molar refractivity (Wildman–Crippen MR) is 79.3 cm³/mol. The Bertz CT molecular complexity index is 509. The van der Waals surface area contributed by atoms with Gasteiger partial charge in [0, 0.05) is 25.8 Å². The van der Waals surface area contributed by atoms with E-state index >= 15 is 0 Å². The molecule has 1 aromatic rings. The van der Waals surface area contributed by atoms with E-state index in [1.807, 2.05) is 4.90 Å². The lowest BCUT2D eigenvalue weighted by Crippen LogP contribution is -2.52. The molecule has 0 unspecified atom stereocenters. The largest absolute Gasteiger partial charge is 0.365 e. The third-order valence-corrected chi connectivity index (χ3v) is 4.28. The molecule has 2 amide bonds. The molecule has 0 radical (unpaired) electrons. The van der Waals surface area contributed by atoms with E-state index in [1.165, 1.54) is 12.8 Å². The molecular formula is C15H22N4O3. The maximum absolute atomic E-state index is 12.6. The van der Waals surface area contributed by atoms with Crippen LogP contribution in [0.5, 0.6) is 0 Å². The summed E-state index contributed by atoms with van der Waals surface area (Å²) in [7, 11) is 0. The average Bonchev–Trinajstić information content (AvgIpc) is 2.96. The second kappa shape index (κ2) is 6.91. The van der Waals surface area contributed by atoms with Crippen LogP contribution in [0, 0.1) is 0 Å². The molecule has 2 aliphatic rings. The van der Waals surface area contributed by atoms with Crippen molar-refractivity contribution in [1.29, 1.82) is 0 Å². The Morgan fingerprint density at radius 2 is 1.91 bits per heavy atom. The third-order valence-electron chi connectivity index (χ3n) is 4.28. The summed E-state index contributed by atoms with van der Waals surface area (Å²) < 4.78 is 5.62. The Hall–Kier alpha value is -1.89. The van der Waals surface area contributed by atoms with Crippen LogP contribution in [-0.4, -0.2) is 70.7 Å². The molecule has 2 saturated heterocycles. The molecule has 7 nitrogen and oxygen atoms in total. The van der Waals surface area contributed by atoms with Crippen molar-refractivity contribution >= 4 is 11.8 Å². The topological polar surface area (TPSA) is 78.5 Å². The number of rotatable bonds is 2. The molecular weight excluding hydrogens is 284 g/mol. The van der Waals surface area contributed by atoms with Gasteiger partial charge < -0.3 is 14.5 Å². The van der Waals surface area contributed by atoms with Crippen LogP contribution < -0.4 is 0 Å². The first-order valence-electron chi connectivity index (χ1n) is 7.95. The predicted octanol–water partition coefficient (Wildman–Crippen LogP) is 0.653. The summed E-state index contributed by atoms with van der Waals surface area (Å²) in [5.41, 5.74) is 0.447. The van der Waals surface area contributed by atoms with Gasteiger partial charge in [0.2, 0.25) is 0 Å². The molecule has 3 heterocycles. The fourth-order valence-electron chi connectivity index (χ4n) is 3.02. The van der Waals surface area contributed by atoms with Crippen molar-refractivity contribution in [2.75, 3.05) is 32.8 Å². The van der Waals surface area contributed by atoms with E-state index < -0.39 is 6.10 Å². The standard InChI is InChI=1S/C15H22N4O3/c20-14(12-5-6-16-17-12)19-9-10-22-13(11-19)15(21)18-7-3-1-2-4-8-18/h5-6,13H,1-4,7-11H2,(H,16,17)/t13-/m1/s1. The van der Waals surface area contributed by atoms with Crippen molar-refractivity contribution in [2.24, 2.45) is 0 Å². The number of carbonyl (C=O) groups is 2. The highest BCUT2D eigenvalue weighted by atomic mass is 16.5. The SMILES string of the molecule is O=C(c1ccn[nH]1)N1CCO[C@@H](C(=O)N2CCCCCC2)C1. The van der Waals surface area contributed by atoms with Gasteiger partial charge in [-0.15, -0.1) is 0 Å². The summed E-state index contributed by atoms with van der Waals surface area (Å²) in [6.45, 7) is 2.80. The van der Waals surface area contributed by atoms with Gasteiger partial charge in [0.15, 0.2) is 6.10 Å². The number of aromatic amines is 1. The third kappa shape index (κ3) is 3.30. The normalized spacial score (nSPS) is 23.2. The van der Waals surface area contributed by atoms with E-state index in [9.17, 15) is 9.59 Å². The molecule has 1 N–H and O–H groups in total. The van der Waals surface area contributed by atoms with Gasteiger partial charge in [0.25, 0.3) is 11.8 Å². The van der Waals surface area contributed by atoms with Crippen molar-refractivity contribution in [3.8, 4) is 0 Å². The number of morpholine rings is 1. The first kappa shape index (κ1) is 15.0. The maximum Gasteiger partial charge on any atom is 0.272 e. The van der Waals surface area contributed by atoms with Gasteiger partial charge in [0.05, 0.1) is 13.2 Å².